The molecule has 2 rings (SSSR count). The summed E-state index contributed by atoms with van der Waals surface area (Å²) in [5.41, 5.74) is 0. The van der Waals surface area contributed by atoms with E-state index in [4.69, 9.17) is 0 Å². The van der Waals surface area contributed by atoms with Gasteiger partial charge in [-0.3, -0.25) is 0 Å². The molecule has 16 heavy (non-hydrogen) atoms. The molecule has 1 aromatic rings. The summed E-state index contributed by atoms with van der Waals surface area (Å²) in [5, 5.41) is 12.9. The smallest absolute Gasteiger partial charge is 0.0474 e. The lowest BCUT2D eigenvalue weighted by atomic mass is 10.0. The van der Waals surface area contributed by atoms with Gasteiger partial charge in [-0.1, -0.05) is 6.42 Å². The Morgan fingerprint density at radius 1 is 1.50 bits per heavy atom. The number of aliphatic hydroxyl groups excluding tert-OH is 1. The molecule has 1 aliphatic rings. The highest BCUT2D eigenvalue weighted by Crippen LogP contribution is 2.29. The van der Waals surface area contributed by atoms with Crippen LogP contribution in [0, 0.1) is 12.8 Å². The fourth-order valence-corrected chi connectivity index (χ4v) is 3.45. The molecule has 0 saturated heterocycles. The Hall–Kier alpha value is -0.380. The second kappa shape index (κ2) is 5.30. The van der Waals surface area contributed by atoms with E-state index >= 15 is 0 Å². The van der Waals surface area contributed by atoms with Gasteiger partial charge in [-0.05, 0) is 44.7 Å². The minimum atomic E-state index is 0.327. The minimum absolute atomic E-state index is 0.327. The summed E-state index contributed by atoms with van der Waals surface area (Å²) in [5.74, 6) is 0.462. The van der Waals surface area contributed by atoms with Gasteiger partial charge in [0.2, 0.25) is 0 Å². The third-order valence-corrected chi connectivity index (χ3v) is 4.73. The van der Waals surface area contributed by atoms with E-state index in [1.165, 1.54) is 29.0 Å². The maximum atomic E-state index is 9.29. The van der Waals surface area contributed by atoms with Crippen LogP contribution in [0.25, 0.3) is 0 Å². The minimum Gasteiger partial charge on any atom is -0.396 e. The topological polar surface area (TPSA) is 32.3 Å². The van der Waals surface area contributed by atoms with Crippen molar-refractivity contribution in [3.05, 3.63) is 21.9 Å². The Morgan fingerprint density at radius 2 is 2.31 bits per heavy atom. The van der Waals surface area contributed by atoms with Crippen LogP contribution in [0.2, 0.25) is 0 Å². The Kier molecular flexibility index (Phi) is 4.00. The maximum absolute atomic E-state index is 9.29. The predicted octanol–water partition coefficient (Wildman–Crippen LogP) is 2.87. The Balaban J connectivity index is 1.94. The van der Waals surface area contributed by atoms with E-state index in [9.17, 15) is 5.11 Å². The largest absolute Gasteiger partial charge is 0.396 e. The van der Waals surface area contributed by atoms with Crippen LogP contribution in [0.5, 0.6) is 0 Å². The van der Waals surface area contributed by atoms with Crippen LogP contribution in [0.4, 0.5) is 0 Å². The number of rotatable bonds is 4. The quantitative estimate of drug-likeness (QED) is 0.847. The second-order valence-electron chi connectivity index (χ2n) is 4.82. The first-order valence-corrected chi connectivity index (χ1v) is 6.95. The van der Waals surface area contributed by atoms with Crippen molar-refractivity contribution in [2.24, 2.45) is 5.92 Å². The summed E-state index contributed by atoms with van der Waals surface area (Å²) in [6.45, 7) is 4.69. The van der Waals surface area contributed by atoms with E-state index in [-0.39, 0.29) is 0 Å². The highest BCUT2D eigenvalue weighted by molar-refractivity contribution is 7.12. The lowest BCUT2D eigenvalue weighted by molar-refractivity contribution is 0.201. The van der Waals surface area contributed by atoms with Crippen molar-refractivity contribution in [2.45, 2.75) is 45.2 Å². The van der Waals surface area contributed by atoms with Crippen LogP contribution >= 0.6 is 11.3 Å². The van der Waals surface area contributed by atoms with Crippen LogP contribution in [0.1, 0.15) is 42.0 Å². The molecule has 1 aliphatic carbocycles. The first-order chi connectivity index (χ1) is 7.70. The van der Waals surface area contributed by atoms with Crippen molar-refractivity contribution < 1.29 is 5.11 Å². The van der Waals surface area contributed by atoms with Gasteiger partial charge >= 0.3 is 0 Å². The Labute approximate surface area is 102 Å². The van der Waals surface area contributed by atoms with Crippen molar-refractivity contribution in [1.29, 1.82) is 0 Å². The zero-order chi connectivity index (χ0) is 11.5. The van der Waals surface area contributed by atoms with E-state index < -0.39 is 0 Å². The molecule has 1 aromatic heterocycles. The van der Waals surface area contributed by atoms with Gasteiger partial charge in [0.15, 0.2) is 0 Å². The van der Waals surface area contributed by atoms with E-state index in [0.29, 0.717) is 24.6 Å². The molecule has 3 atom stereocenters. The van der Waals surface area contributed by atoms with Crippen molar-refractivity contribution >= 4 is 11.3 Å². The molecule has 3 heteroatoms. The number of thiophene rings is 1. The Morgan fingerprint density at radius 3 is 2.94 bits per heavy atom. The SMILES string of the molecule is Cc1ccc(C(C)NC2CCCC2CO)s1. The number of hydrogen-bond acceptors (Lipinski definition) is 3. The number of hydrogen-bond donors (Lipinski definition) is 2. The lowest BCUT2D eigenvalue weighted by Crippen LogP contribution is -2.35. The molecular weight excluding hydrogens is 218 g/mol. The van der Waals surface area contributed by atoms with Gasteiger partial charge in [0, 0.05) is 28.4 Å². The first kappa shape index (κ1) is 12.1. The van der Waals surface area contributed by atoms with Gasteiger partial charge in [0.05, 0.1) is 0 Å². The normalized spacial score (nSPS) is 27.2. The Bertz CT molecular complexity index is 336. The van der Waals surface area contributed by atoms with Crippen molar-refractivity contribution in [1.82, 2.24) is 5.32 Å². The fraction of sp³-hybridized carbons (Fsp3) is 0.692. The molecule has 0 spiro atoms. The summed E-state index contributed by atoms with van der Waals surface area (Å²) in [6.07, 6.45) is 3.63. The number of nitrogens with one attached hydrogen (secondary N) is 1. The van der Waals surface area contributed by atoms with Gasteiger partial charge in [-0.15, -0.1) is 11.3 Å². The average Bonchev–Trinajstić information content (AvgIpc) is 2.86. The summed E-state index contributed by atoms with van der Waals surface area (Å²) in [4.78, 5) is 2.77. The van der Waals surface area contributed by atoms with E-state index in [2.05, 4.69) is 31.3 Å². The fourth-order valence-electron chi connectivity index (χ4n) is 2.56. The molecule has 1 heterocycles. The molecule has 2 nitrogen and oxygen atoms in total. The number of aryl methyl sites for hydroxylation is 1. The molecule has 3 unspecified atom stereocenters. The molecule has 1 fully saturated rings. The molecule has 0 amide bonds. The molecule has 0 aliphatic heterocycles. The highest BCUT2D eigenvalue weighted by Gasteiger charge is 2.27. The summed E-state index contributed by atoms with van der Waals surface area (Å²) in [6, 6.07) is 5.30. The predicted molar refractivity (Wildman–Crippen MR) is 68.8 cm³/mol. The molecule has 0 bridgehead atoms. The van der Waals surface area contributed by atoms with E-state index in [1.807, 2.05) is 11.3 Å². The second-order valence-corrected chi connectivity index (χ2v) is 6.14. The first-order valence-electron chi connectivity index (χ1n) is 6.14. The monoisotopic (exact) mass is 239 g/mol. The molecule has 0 radical (unpaired) electrons. The zero-order valence-electron chi connectivity index (χ0n) is 10.1. The van der Waals surface area contributed by atoms with Crippen LogP contribution in [-0.4, -0.2) is 17.8 Å². The van der Waals surface area contributed by atoms with Gasteiger partial charge in [0.1, 0.15) is 0 Å². The maximum Gasteiger partial charge on any atom is 0.0474 e. The van der Waals surface area contributed by atoms with E-state index in [0.717, 1.165) is 0 Å². The van der Waals surface area contributed by atoms with Crippen molar-refractivity contribution in [2.75, 3.05) is 6.61 Å². The number of aliphatic hydroxyl groups is 1. The third kappa shape index (κ3) is 2.65. The molecule has 0 aromatic carbocycles. The van der Waals surface area contributed by atoms with Crippen LogP contribution < -0.4 is 5.32 Å². The molecular formula is C13H21NOS. The van der Waals surface area contributed by atoms with Crippen molar-refractivity contribution in [3.8, 4) is 0 Å². The summed E-state index contributed by atoms with van der Waals surface area (Å²) >= 11 is 1.86. The zero-order valence-corrected chi connectivity index (χ0v) is 10.9. The third-order valence-electron chi connectivity index (χ3n) is 3.55. The average molecular weight is 239 g/mol. The molecule has 90 valence electrons. The van der Waals surface area contributed by atoms with Crippen LogP contribution in [-0.2, 0) is 0 Å². The lowest BCUT2D eigenvalue weighted by Gasteiger charge is -2.23. The van der Waals surface area contributed by atoms with Gasteiger partial charge in [0.25, 0.3) is 0 Å². The summed E-state index contributed by atoms with van der Waals surface area (Å²) in [7, 11) is 0. The van der Waals surface area contributed by atoms with Crippen LogP contribution in [0.15, 0.2) is 12.1 Å². The van der Waals surface area contributed by atoms with Crippen LogP contribution in [0.3, 0.4) is 0 Å². The molecule has 1 saturated carbocycles. The van der Waals surface area contributed by atoms with Gasteiger partial charge in [-0.2, -0.15) is 0 Å². The van der Waals surface area contributed by atoms with Crippen molar-refractivity contribution in [3.63, 3.8) is 0 Å². The standard InChI is InChI=1S/C13H21NOS/c1-9-6-7-13(16-9)10(2)14-12-5-3-4-11(12)8-15/h6-7,10-12,14-15H,3-5,8H2,1-2H3. The van der Waals surface area contributed by atoms with Gasteiger partial charge < -0.3 is 10.4 Å². The highest BCUT2D eigenvalue weighted by atomic mass is 32.1. The van der Waals surface area contributed by atoms with E-state index in [1.54, 1.807) is 0 Å². The molecule has 2 N–H and O–H groups in total. The summed E-state index contributed by atoms with van der Waals surface area (Å²) < 4.78 is 0. The van der Waals surface area contributed by atoms with Gasteiger partial charge in [-0.25, -0.2) is 0 Å².